The average Bonchev–Trinajstić information content (AvgIpc) is 2.52. The van der Waals surface area contributed by atoms with Crippen molar-refractivity contribution in [2.75, 3.05) is 0 Å². The van der Waals surface area contributed by atoms with Crippen LogP contribution in [0.15, 0.2) is 4.90 Å². The molecule has 0 aliphatic heterocycles. The van der Waals surface area contributed by atoms with E-state index in [1.807, 2.05) is 13.8 Å². The lowest BCUT2D eigenvalue weighted by Crippen LogP contribution is -2.18. The van der Waals surface area contributed by atoms with Crippen molar-refractivity contribution in [1.29, 1.82) is 0 Å². The van der Waals surface area contributed by atoms with Crippen molar-refractivity contribution >= 4 is 19.7 Å². The van der Waals surface area contributed by atoms with Gasteiger partial charge in [0.2, 0.25) is 0 Å². The Labute approximate surface area is 114 Å². The largest absolute Gasteiger partial charge is 0.267 e. The van der Waals surface area contributed by atoms with Gasteiger partial charge in [0.05, 0.1) is 11.4 Å². The van der Waals surface area contributed by atoms with Crippen LogP contribution in [0.25, 0.3) is 0 Å². The third kappa shape index (κ3) is 3.48. The van der Waals surface area contributed by atoms with Crippen molar-refractivity contribution in [2.45, 2.75) is 58.9 Å². The Morgan fingerprint density at radius 2 is 1.78 bits per heavy atom. The quantitative estimate of drug-likeness (QED) is 0.802. The van der Waals surface area contributed by atoms with E-state index in [2.05, 4.69) is 25.9 Å². The van der Waals surface area contributed by atoms with Gasteiger partial charge < -0.3 is 0 Å². The molecule has 0 radical (unpaired) electrons. The van der Waals surface area contributed by atoms with E-state index in [0.717, 1.165) is 0 Å². The lowest BCUT2D eigenvalue weighted by molar-refractivity contribution is 0.318. The number of halogens is 1. The summed E-state index contributed by atoms with van der Waals surface area (Å²) in [5, 5.41) is 4.40. The second kappa shape index (κ2) is 5.21. The minimum absolute atomic E-state index is 0.0360. The van der Waals surface area contributed by atoms with Crippen LogP contribution in [-0.2, 0) is 28.4 Å². The molecule has 18 heavy (non-hydrogen) atoms. The predicted molar refractivity (Wildman–Crippen MR) is 73.5 cm³/mol. The van der Waals surface area contributed by atoms with E-state index in [9.17, 15) is 8.42 Å². The third-order valence-corrected chi connectivity index (χ3v) is 4.04. The van der Waals surface area contributed by atoms with Crippen molar-refractivity contribution in [1.82, 2.24) is 9.78 Å². The zero-order valence-corrected chi connectivity index (χ0v) is 13.2. The molecular weight excluding hydrogens is 272 g/mol. The normalized spacial score (nSPS) is 13.0. The van der Waals surface area contributed by atoms with E-state index in [1.54, 1.807) is 4.68 Å². The van der Waals surface area contributed by atoms with E-state index in [0.29, 0.717) is 30.8 Å². The number of aryl methyl sites for hydroxylation is 1. The van der Waals surface area contributed by atoms with E-state index in [4.69, 9.17) is 10.7 Å². The minimum Gasteiger partial charge on any atom is -0.267 e. The summed E-state index contributed by atoms with van der Waals surface area (Å²) in [4.78, 5) is 0.207. The molecule has 0 saturated heterocycles. The van der Waals surface area contributed by atoms with Crippen LogP contribution in [0.5, 0.6) is 0 Å². The van der Waals surface area contributed by atoms with Crippen LogP contribution >= 0.6 is 10.7 Å². The minimum atomic E-state index is -3.73. The van der Waals surface area contributed by atoms with Gasteiger partial charge in [-0.05, 0) is 18.3 Å². The Kier molecular flexibility index (Phi) is 4.49. The molecule has 1 aromatic heterocycles. The Morgan fingerprint density at radius 3 is 2.11 bits per heavy atom. The van der Waals surface area contributed by atoms with Gasteiger partial charge in [0.1, 0.15) is 4.90 Å². The van der Waals surface area contributed by atoms with Gasteiger partial charge in [-0.1, -0.05) is 34.6 Å². The predicted octanol–water partition coefficient (Wildman–Crippen LogP) is 2.98. The fourth-order valence-electron chi connectivity index (χ4n) is 1.97. The first-order chi connectivity index (χ1) is 8.10. The number of hydrogen-bond donors (Lipinski definition) is 0. The molecule has 0 spiro atoms. The fourth-order valence-corrected chi connectivity index (χ4v) is 3.50. The molecule has 6 heteroatoms. The van der Waals surface area contributed by atoms with Crippen LogP contribution < -0.4 is 0 Å². The van der Waals surface area contributed by atoms with Gasteiger partial charge in [-0.2, -0.15) is 5.10 Å². The number of nitrogens with zero attached hydrogens (tertiary/aromatic N) is 2. The molecule has 4 nitrogen and oxygen atoms in total. The summed E-state index contributed by atoms with van der Waals surface area (Å²) in [6, 6.07) is 0. The van der Waals surface area contributed by atoms with Gasteiger partial charge in [0.25, 0.3) is 9.05 Å². The second-order valence-corrected chi connectivity index (χ2v) is 8.09. The smallest absolute Gasteiger partial charge is 0.264 e. The van der Waals surface area contributed by atoms with Crippen LogP contribution in [0.4, 0.5) is 0 Å². The fraction of sp³-hybridized carbons (Fsp3) is 0.750. The summed E-state index contributed by atoms with van der Waals surface area (Å²) in [6.07, 6.45) is 1.16. The van der Waals surface area contributed by atoms with Crippen molar-refractivity contribution in [3.8, 4) is 0 Å². The highest BCUT2D eigenvalue weighted by atomic mass is 35.7. The molecule has 0 aliphatic rings. The van der Waals surface area contributed by atoms with E-state index >= 15 is 0 Å². The maximum atomic E-state index is 11.7. The monoisotopic (exact) mass is 292 g/mol. The molecule has 0 aromatic carbocycles. The lowest BCUT2D eigenvalue weighted by Gasteiger charge is -2.19. The van der Waals surface area contributed by atoms with Gasteiger partial charge in [0, 0.05) is 17.2 Å². The highest BCUT2D eigenvalue weighted by molar-refractivity contribution is 8.13. The molecule has 1 heterocycles. The summed E-state index contributed by atoms with van der Waals surface area (Å²) in [5.41, 5.74) is 1.30. The van der Waals surface area contributed by atoms with Gasteiger partial charge >= 0.3 is 0 Å². The molecule has 1 aromatic rings. The van der Waals surface area contributed by atoms with Crippen molar-refractivity contribution in [2.24, 2.45) is 5.41 Å². The highest BCUT2D eigenvalue weighted by Gasteiger charge is 2.26. The van der Waals surface area contributed by atoms with E-state index in [-0.39, 0.29) is 10.3 Å². The first-order valence-electron chi connectivity index (χ1n) is 6.13. The summed E-state index contributed by atoms with van der Waals surface area (Å²) >= 11 is 0. The van der Waals surface area contributed by atoms with Crippen LogP contribution in [-0.4, -0.2) is 18.2 Å². The summed E-state index contributed by atoms with van der Waals surface area (Å²) < 4.78 is 25.2. The average molecular weight is 293 g/mol. The molecule has 0 saturated carbocycles. The third-order valence-electron chi connectivity index (χ3n) is 2.61. The van der Waals surface area contributed by atoms with Gasteiger partial charge in [0.15, 0.2) is 0 Å². The van der Waals surface area contributed by atoms with E-state index < -0.39 is 9.05 Å². The molecule has 0 fully saturated rings. The summed E-state index contributed by atoms with van der Waals surface area (Å²) in [5.74, 6) is 0. The lowest BCUT2D eigenvalue weighted by atomic mass is 9.97. The first kappa shape index (κ1) is 15.5. The van der Waals surface area contributed by atoms with Crippen molar-refractivity contribution in [3.05, 3.63) is 11.4 Å². The van der Waals surface area contributed by atoms with Gasteiger partial charge in [-0.15, -0.1) is 0 Å². The van der Waals surface area contributed by atoms with Crippen molar-refractivity contribution < 1.29 is 8.42 Å². The number of hydrogen-bond acceptors (Lipinski definition) is 3. The summed E-state index contributed by atoms with van der Waals surface area (Å²) in [7, 11) is 1.80. The standard InChI is InChI=1S/C12H21ClN2O2S/c1-6-9-11(18(13,16)17)10(7-2)15(14-9)8-12(3,4)5/h6-8H2,1-5H3. The maximum Gasteiger partial charge on any atom is 0.264 e. The van der Waals surface area contributed by atoms with Crippen LogP contribution in [0.2, 0.25) is 0 Å². The molecule has 0 atom stereocenters. The maximum absolute atomic E-state index is 11.7. The van der Waals surface area contributed by atoms with Crippen molar-refractivity contribution in [3.63, 3.8) is 0 Å². The molecule has 0 N–H and O–H groups in total. The SMILES string of the molecule is CCc1nn(CC(C)(C)C)c(CC)c1S(=O)(=O)Cl. The molecule has 1 rings (SSSR count). The van der Waals surface area contributed by atoms with Crippen LogP contribution in [0.3, 0.4) is 0 Å². The Morgan fingerprint density at radius 1 is 1.22 bits per heavy atom. The first-order valence-corrected chi connectivity index (χ1v) is 8.44. The number of aromatic nitrogens is 2. The second-order valence-electron chi connectivity index (χ2n) is 5.59. The molecule has 0 amide bonds. The topological polar surface area (TPSA) is 52.0 Å². The molecule has 0 unspecified atom stereocenters. The Bertz CT molecular complexity index is 527. The van der Waals surface area contributed by atoms with Gasteiger partial charge in [-0.3, -0.25) is 4.68 Å². The zero-order chi connectivity index (χ0) is 14.1. The molecule has 0 bridgehead atoms. The number of rotatable bonds is 4. The molecule has 0 aliphatic carbocycles. The molecular formula is C12H21ClN2O2S. The van der Waals surface area contributed by atoms with E-state index in [1.165, 1.54) is 0 Å². The molecule has 104 valence electrons. The van der Waals surface area contributed by atoms with Crippen LogP contribution in [0.1, 0.15) is 46.0 Å². The zero-order valence-electron chi connectivity index (χ0n) is 11.6. The Hall–Kier alpha value is -0.550. The Balaban J connectivity index is 3.44. The highest BCUT2D eigenvalue weighted by Crippen LogP contribution is 2.27. The van der Waals surface area contributed by atoms with Crippen LogP contribution in [0, 0.1) is 5.41 Å². The summed E-state index contributed by atoms with van der Waals surface area (Å²) in [6.45, 7) is 10.8. The van der Waals surface area contributed by atoms with Gasteiger partial charge in [-0.25, -0.2) is 8.42 Å².